The van der Waals surface area contributed by atoms with E-state index in [4.69, 9.17) is 0 Å². The lowest BCUT2D eigenvalue weighted by atomic mass is 9.88. The first-order valence-electron chi connectivity index (χ1n) is 5.60. The van der Waals surface area contributed by atoms with E-state index in [-0.39, 0.29) is 5.41 Å². The molecule has 1 fully saturated rings. The van der Waals surface area contributed by atoms with Gasteiger partial charge in [-0.25, -0.2) is 0 Å². The molecule has 0 aromatic rings. The molecule has 1 aliphatic heterocycles. The van der Waals surface area contributed by atoms with Crippen LogP contribution in [0, 0.1) is 17.3 Å². The Balaban J connectivity index is 2.64. The van der Waals surface area contributed by atoms with E-state index in [1.165, 1.54) is 6.42 Å². The summed E-state index contributed by atoms with van der Waals surface area (Å²) in [5.41, 5.74) is -0.225. The highest BCUT2D eigenvalue weighted by Gasteiger charge is 2.31. The van der Waals surface area contributed by atoms with Crippen molar-refractivity contribution in [2.75, 3.05) is 13.1 Å². The Kier molecular flexibility index (Phi) is 3.23. The van der Waals surface area contributed by atoms with E-state index < -0.39 is 0 Å². The van der Waals surface area contributed by atoms with Gasteiger partial charge in [-0.1, -0.05) is 34.6 Å². The van der Waals surface area contributed by atoms with Crippen LogP contribution in [0.4, 0.5) is 0 Å². The molecule has 0 saturated carbocycles. The van der Waals surface area contributed by atoms with Crippen molar-refractivity contribution in [2.24, 2.45) is 17.3 Å². The van der Waals surface area contributed by atoms with E-state index in [1.807, 2.05) is 25.7 Å². The maximum Gasteiger partial charge on any atom is 0.227 e. The summed E-state index contributed by atoms with van der Waals surface area (Å²) < 4.78 is 0. The Bertz CT molecular complexity index is 207. The van der Waals surface area contributed by atoms with Gasteiger partial charge < -0.3 is 4.90 Å². The van der Waals surface area contributed by atoms with Crippen LogP contribution >= 0.6 is 0 Å². The molecule has 0 aromatic carbocycles. The summed E-state index contributed by atoms with van der Waals surface area (Å²) in [4.78, 5) is 14.1. The predicted octanol–water partition coefficient (Wildman–Crippen LogP) is 2.54. The molecule has 1 amide bonds. The number of piperidine rings is 1. The maximum atomic E-state index is 12.0. The first kappa shape index (κ1) is 11.5. The second-order valence-electron chi connectivity index (χ2n) is 5.91. The third-order valence-corrected chi connectivity index (χ3v) is 2.80. The lowest BCUT2D eigenvalue weighted by molar-refractivity contribution is -0.142. The number of amides is 1. The van der Waals surface area contributed by atoms with Crippen molar-refractivity contribution in [2.45, 2.75) is 41.0 Å². The molecule has 2 heteroatoms. The molecule has 82 valence electrons. The molecule has 0 aromatic heterocycles. The Morgan fingerprint density at radius 1 is 1.14 bits per heavy atom. The molecule has 14 heavy (non-hydrogen) atoms. The normalized spacial score (nSPS) is 29.1. The quantitative estimate of drug-likeness (QED) is 0.584. The van der Waals surface area contributed by atoms with Gasteiger partial charge in [0.1, 0.15) is 0 Å². The van der Waals surface area contributed by atoms with Crippen molar-refractivity contribution < 1.29 is 4.79 Å². The molecule has 1 heterocycles. The molecule has 0 radical (unpaired) electrons. The fourth-order valence-electron chi connectivity index (χ4n) is 2.30. The highest BCUT2D eigenvalue weighted by Crippen LogP contribution is 2.25. The highest BCUT2D eigenvalue weighted by molar-refractivity contribution is 5.81. The van der Waals surface area contributed by atoms with Crippen LogP contribution in [-0.4, -0.2) is 23.9 Å². The lowest BCUT2D eigenvalue weighted by Gasteiger charge is -2.38. The van der Waals surface area contributed by atoms with Gasteiger partial charge in [0, 0.05) is 18.5 Å². The number of hydrogen-bond donors (Lipinski definition) is 0. The Morgan fingerprint density at radius 3 is 1.93 bits per heavy atom. The van der Waals surface area contributed by atoms with E-state index in [9.17, 15) is 4.79 Å². The molecule has 0 bridgehead atoms. The largest absolute Gasteiger partial charge is 0.342 e. The first-order chi connectivity index (χ1) is 6.30. The third-order valence-electron chi connectivity index (χ3n) is 2.80. The SMILES string of the molecule is CC1CC(C)CN(C(=O)C(C)(C)C)C1. The number of carbonyl (C=O) groups excluding carboxylic acids is 1. The van der Waals surface area contributed by atoms with Crippen LogP contribution in [0.15, 0.2) is 0 Å². The monoisotopic (exact) mass is 197 g/mol. The van der Waals surface area contributed by atoms with E-state index in [0.29, 0.717) is 17.7 Å². The summed E-state index contributed by atoms with van der Waals surface area (Å²) in [6, 6.07) is 0. The van der Waals surface area contributed by atoms with Crippen LogP contribution in [0.1, 0.15) is 41.0 Å². The molecule has 1 rings (SSSR count). The minimum atomic E-state index is -0.225. The van der Waals surface area contributed by atoms with Crippen LogP contribution < -0.4 is 0 Å². The fraction of sp³-hybridized carbons (Fsp3) is 0.917. The van der Waals surface area contributed by atoms with E-state index in [0.717, 1.165) is 13.1 Å². The molecule has 1 saturated heterocycles. The van der Waals surface area contributed by atoms with Crippen molar-refractivity contribution in [1.29, 1.82) is 0 Å². The molecule has 0 N–H and O–H groups in total. The van der Waals surface area contributed by atoms with Gasteiger partial charge in [-0.3, -0.25) is 4.79 Å². The molecule has 2 unspecified atom stereocenters. The summed E-state index contributed by atoms with van der Waals surface area (Å²) in [6.45, 7) is 12.4. The Morgan fingerprint density at radius 2 is 1.57 bits per heavy atom. The van der Waals surface area contributed by atoms with Gasteiger partial charge in [-0.05, 0) is 18.3 Å². The fourth-order valence-corrected chi connectivity index (χ4v) is 2.30. The highest BCUT2D eigenvalue weighted by atomic mass is 16.2. The van der Waals surface area contributed by atoms with E-state index in [2.05, 4.69) is 13.8 Å². The Labute approximate surface area is 87.7 Å². The standard InChI is InChI=1S/C12H23NO/c1-9-6-10(2)8-13(7-9)11(14)12(3,4)5/h9-10H,6-8H2,1-5H3. The van der Waals surface area contributed by atoms with Gasteiger partial charge >= 0.3 is 0 Å². The zero-order chi connectivity index (χ0) is 10.9. The van der Waals surface area contributed by atoms with Crippen LogP contribution in [-0.2, 0) is 4.79 Å². The number of hydrogen-bond acceptors (Lipinski definition) is 1. The summed E-state index contributed by atoms with van der Waals surface area (Å²) in [6.07, 6.45) is 1.26. The number of nitrogens with zero attached hydrogens (tertiary/aromatic N) is 1. The van der Waals surface area contributed by atoms with Gasteiger partial charge in [0.05, 0.1) is 0 Å². The zero-order valence-electron chi connectivity index (χ0n) is 10.1. The number of likely N-dealkylation sites (tertiary alicyclic amines) is 1. The second-order valence-corrected chi connectivity index (χ2v) is 5.91. The minimum absolute atomic E-state index is 0.225. The van der Waals surface area contributed by atoms with E-state index >= 15 is 0 Å². The summed E-state index contributed by atoms with van der Waals surface area (Å²) in [5, 5.41) is 0. The molecule has 2 atom stereocenters. The molecule has 2 nitrogen and oxygen atoms in total. The van der Waals surface area contributed by atoms with E-state index in [1.54, 1.807) is 0 Å². The lowest BCUT2D eigenvalue weighted by Crippen LogP contribution is -2.47. The predicted molar refractivity (Wildman–Crippen MR) is 59.0 cm³/mol. The zero-order valence-corrected chi connectivity index (χ0v) is 10.1. The average molecular weight is 197 g/mol. The molecule has 0 spiro atoms. The van der Waals surface area contributed by atoms with Crippen molar-refractivity contribution >= 4 is 5.91 Å². The molecular formula is C12H23NO. The smallest absolute Gasteiger partial charge is 0.227 e. The van der Waals surface area contributed by atoms with Crippen LogP contribution in [0.25, 0.3) is 0 Å². The third kappa shape index (κ3) is 2.73. The van der Waals surface area contributed by atoms with Crippen LogP contribution in [0.2, 0.25) is 0 Å². The minimum Gasteiger partial charge on any atom is -0.342 e. The maximum absolute atomic E-state index is 12.0. The number of rotatable bonds is 0. The van der Waals surface area contributed by atoms with Gasteiger partial charge in [0.15, 0.2) is 0 Å². The van der Waals surface area contributed by atoms with Gasteiger partial charge in [0.25, 0.3) is 0 Å². The average Bonchev–Trinajstić information content (AvgIpc) is 1.99. The van der Waals surface area contributed by atoms with Crippen molar-refractivity contribution in [3.63, 3.8) is 0 Å². The number of carbonyl (C=O) groups is 1. The first-order valence-corrected chi connectivity index (χ1v) is 5.60. The van der Waals surface area contributed by atoms with Crippen LogP contribution in [0.3, 0.4) is 0 Å². The van der Waals surface area contributed by atoms with Gasteiger partial charge in [-0.2, -0.15) is 0 Å². The second kappa shape index (κ2) is 3.92. The summed E-state index contributed by atoms with van der Waals surface area (Å²) in [5.74, 6) is 1.62. The topological polar surface area (TPSA) is 20.3 Å². The molecule has 0 aliphatic carbocycles. The molecular weight excluding hydrogens is 174 g/mol. The Hall–Kier alpha value is -0.530. The van der Waals surface area contributed by atoms with Crippen molar-refractivity contribution in [3.8, 4) is 0 Å². The summed E-state index contributed by atoms with van der Waals surface area (Å²) in [7, 11) is 0. The molecule has 1 aliphatic rings. The summed E-state index contributed by atoms with van der Waals surface area (Å²) >= 11 is 0. The van der Waals surface area contributed by atoms with Gasteiger partial charge in [0.2, 0.25) is 5.91 Å². The van der Waals surface area contributed by atoms with Crippen LogP contribution in [0.5, 0.6) is 0 Å². The van der Waals surface area contributed by atoms with Crippen molar-refractivity contribution in [1.82, 2.24) is 4.90 Å². The van der Waals surface area contributed by atoms with Gasteiger partial charge in [-0.15, -0.1) is 0 Å². The van der Waals surface area contributed by atoms with Crippen molar-refractivity contribution in [3.05, 3.63) is 0 Å².